The molecule has 0 aliphatic carbocycles. The lowest BCUT2D eigenvalue weighted by molar-refractivity contribution is -0.130. The van der Waals surface area contributed by atoms with Gasteiger partial charge in [0.2, 0.25) is 5.91 Å². The maximum Gasteiger partial charge on any atom is 0.236 e. The molecule has 19 heavy (non-hydrogen) atoms. The number of aliphatic hydroxyl groups is 1. The maximum atomic E-state index is 11.7. The fourth-order valence-corrected chi connectivity index (χ4v) is 1.79. The van der Waals surface area contributed by atoms with E-state index in [1.807, 2.05) is 36.2 Å². The molecule has 0 saturated carbocycles. The molecule has 5 heteroatoms. The third-order valence-electron chi connectivity index (χ3n) is 3.09. The lowest BCUT2D eigenvalue weighted by Crippen LogP contribution is -2.37. The van der Waals surface area contributed by atoms with Crippen LogP contribution in [-0.4, -0.2) is 62.2 Å². The van der Waals surface area contributed by atoms with Gasteiger partial charge in [0.25, 0.3) is 0 Å². The molecule has 1 aromatic rings. The third kappa shape index (κ3) is 4.22. The van der Waals surface area contributed by atoms with Gasteiger partial charge in [0.15, 0.2) is 0 Å². The number of carbonyl (C=O) groups excluding carboxylic acids is 1. The van der Waals surface area contributed by atoms with Crippen LogP contribution in [0.4, 0.5) is 0 Å². The van der Waals surface area contributed by atoms with Crippen molar-refractivity contribution in [2.24, 2.45) is 0 Å². The van der Waals surface area contributed by atoms with Crippen LogP contribution < -0.4 is 4.74 Å². The number of rotatable bonds is 6. The standard InChI is InChI=1S/C14H22N2O3/c1-15(2)14(18)9-16(3)13(10-17)11-5-7-12(19-4)8-6-11/h5-8,13,17H,9-10H2,1-4H3. The highest BCUT2D eigenvalue weighted by Crippen LogP contribution is 2.21. The fraction of sp³-hybridized carbons (Fsp3) is 0.500. The maximum absolute atomic E-state index is 11.7. The molecule has 0 fully saturated rings. The van der Waals surface area contributed by atoms with Gasteiger partial charge >= 0.3 is 0 Å². The van der Waals surface area contributed by atoms with Crippen molar-refractivity contribution < 1.29 is 14.6 Å². The van der Waals surface area contributed by atoms with Crippen LogP contribution in [0.15, 0.2) is 24.3 Å². The molecule has 0 aliphatic rings. The van der Waals surface area contributed by atoms with Gasteiger partial charge < -0.3 is 14.7 Å². The average Bonchev–Trinajstić information content (AvgIpc) is 2.40. The van der Waals surface area contributed by atoms with E-state index >= 15 is 0 Å². The smallest absolute Gasteiger partial charge is 0.236 e. The summed E-state index contributed by atoms with van der Waals surface area (Å²) in [5.41, 5.74) is 0.956. The highest BCUT2D eigenvalue weighted by molar-refractivity contribution is 5.77. The molecule has 1 rings (SSSR count). The monoisotopic (exact) mass is 266 g/mol. The van der Waals surface area contributed by atoms with E-state index in [-0.39, 0.29) is 25.1 Å². The van der Waals surface area contributed by atoms with Crippen molar-refractivity contribution in [3.8, 4) is 5.75 Å². The molecule has 1 unspecified atom stereocenters. The summed E-state index contributed by atoms with van der Waals surface area (Å²) < 4.78 is 5.10. The molecule has 0 aromatic heterocycles. The van der Waals surface area contributed by atoms with Crippen molar-refractivity contribution in [1.29, 1.82) is 0 Å². The minimum Gasteiger partial charge on any atom is -0.497 e. The van der Waals surface area contributed by atoms with E-state index in [0.29, 0.717) is 0 Å². The Morgan fingerprint density at radius 1 is 1.26 bits per heavy atom. The molecule has 106 valence electrons. The second-order valence-corrected chi connectivity index (χ2v) is 4.67. The third-order valence-corrected chi connectivity index (χ3v) is 3.09. The number of methoxy groups -OCH3 is 1. The molecule has 0 bridgehead atoms. The summed E-state index contributed by atoms with van der Waals surface area (Å²) in [4.78, 5) is 15.1. The molecule has 5 nitrogen and oxygen atoms in total. The summed E-state index contributed by atoms with van der Waals surface area (Å²) in [6.45, 7) is 0.230. The number of likely N-dealkylation sites (N-methyl/N-ethyl adjacent to an activating group) is 2. The minimum atomic E-state index is -0.199. The number of carbonyl (C=O) groups is 1. The summed E-state index contributed by atoms with van der Waals surface area (Å²) in [6.07, 6.45) is 0. The van der Waals surface area contributed by atoms with E-state index in [0.717, 1.165) is 11.3 Å². The Morgan fingerprint density at radius 2 is 1.84 bits per heavy atom. The first-order valence-electron chi connectivity index (χ1n) is 6.14. The van der Waals surface area contributed by atoms with Crippen LogP contribution in [-0.2, 0) is 4.79 Å². The zero-order chi connectivity index (χ0) is 14.4. The number of ether oxygens (including phenoxy) is 1. The molecule has 0 aliphatic heterocycles. The molecule has 1 atom stereocenters. The number of aliphatic hydroxyl groups excluding tert-OH is 1. The molecule has 1 N–H and O–H groups in total. The van der Waals surface area contributed by atoms with Gasteiger partial charge in [0, 0.05) is 14.1 Å². The van der Waals surface area contributed by atoms with Crippen molar-refractivity contribution in [2.75, 3.05) is 41.4 Å². The van der Waals surface area contributed by atoms with E-state index in [9.17, 15) is 9.90 Å². The molecule has 1 aromatic carbocycles. The first kappa shape index (κ1) is 15.5. The van der Waals surface area contributed by atoms with Gasteiger partial charge in [0.05, 0.1) is 26.3 Å². The summed E-state index contributed by atoms with van der Waals surface area (Å²) in [7, 11) is 6.88. The molecule has 0 heterocycles. The van der Waals surface area contributed by atoms with Gasteiger partial charge in [0.1, 0.15) is 5.75 Å². The Morgan fingerprint density at radius 3 is 2.26 bits per heavy atom. The second kappa shape index (κ2) is 7.11. The van der Waals surface area contributed by atoms with Crippen LogP contribution in [0.25, 0.3) is 0 Å². The average molecular weight is 266 g/mol. The van der Waals surface area contributed by atoms with Crippen molar-refractivity contribution >= 4 is 5.91 Å². The summed E-state index contributed by atoms with van der Waals surface area (Å²) >= 11 is 0. The Kier molecular flexibility index (Phi) is 5.79. The number of nitrogens with zero attached hydrogens (tertiary/aromatic N) is 2. The highest BCUT2D eigenvalue weighted by atomic mass is 16.5. The van der Waals surface area contributed by atoms with Gasteiger partial charge in [-0.05, 0) is 24.7 Å². The number of amides is 1. The summed E-state index contributed by atoms with van der Waals surface area (Å²) in [6, 6.07) is 7.29. The van der Waals surface area contributed by atoms with Crippen molar-refractivity contribution in [3.63, 3.8) is 0 Å². The van der Waals surface area contributed by atoms with Crippen LogP contribution in [0.2, 0.25) is 0 Å². The predicted molar refractivity (Wildman–Crippen MR) is 74.1 cm³/mol. The van der Waals surface area contributed by atoms with E-state index in [2.05, 4.69) is 0 Å². The van der Waals surface area contributed by atoms with Crippen molar-refractivity contribution in [3.05, 3.63) is 29.8 Å². The number of benzene rings is 1. The summed E-state index contributed by atoms with van der Waals surface area (Å²) in [5, 5.41) is 9.53. The molecular weight excluding hydrogens is 244 g/mol. The second-order valence-electron chi connectivity index (χ2n) is 4.67. The summed E-state index contributed by atoms with van der Waals surface area (Å²) in [5.74, 6) is 0.780. The van der Waals surface area contributed by atoms with Crippen LogP contribution in [0.1, 0.15) is 11.6 Å². The highest BCUT2D eigenvalue weighted by Gasteiger charge is 2.19. The van der Waals surface area contributed by atoms with E-state index in [1.165, 1.54) is 0 Å². The first-order chi connectivity index (χ1) is 8.99. The van der Waals surface area contributed by atoms with Crippen LogP contribution in [0, 0.1) is 0 Å². The zero-order valence-electron chi connectivity index (χ0n) is 12.0. The van der Waals surface area contributed by atoms with Crippen LogP contribution >= 0.6 is 0 Å². The topological polar surface area (TPSA) is 53.0 Å². The Labute approximate surface area is 114 Å². The van der Waals surface area contributed by atoms with Crippen LogP contribution in [0.3, 0.4) is 0 Å². The zero-order valence-corrected chi connectivity index (χ0v) is 12.0. The van der Waals surface area contributed by atoms with E-state index < -0.39 is 0 Å². The lowest BCUT2D eigenvalue weighted by atomic mass is 10.1. The van der Waals surface area contributed by atoms with Gasteiger partial charge in [-0.3, -0.25) is 9.69 Å². The van der Waals surface area contributed by atoms with Gasteiger partial charge in [-0.2, -0.15) is 0 Å². The normalized spacial score (nSPS) is 12.3. The number of hydrogen-bond donors (Lipinski definition) is 1. The SMILES string of the molecule is COc1ccc(C(CO)N(C)CC(=O)N(C)C)cc1. The lowest BCUT2D eigenvalue weighted by Gasteiger charge is -2.27. The molecule has 0 spiro atoms. The number of hydrogen-bond acceptors (Lipinski definition) is 4. The molecule has 0 saturated heterocycles. The van der Waals surface area contributed by atoms with Crippen LogP contribution in [0.5, 0.6) is 5.75 Å². The quantitative estimate of drug-likeness (QED) is 0.825. The van der Waals surface area contributed by atoms with Crippen molar-refractivity contribution in [1.82, 2.24) is 9.80 Å². The molecular formula is C14H22N2O3. The van der Waals surface area contributed by atoms with Gasteiger partial charge in [-0.1, -0.05) is 12.1 Å². The van der Waals surface area contributed by atoms with E-state index in [1.54, 1.807) is 26.1 Å². The largest absolute Gasteiger partial charge is 0.497 e. The Bertz CT molecular complexity index is 404. The minimum absolute atomic E-state index is 0.00876. The molecule has 1 amide bonds. The Balaban J connectivity index is 2.78. The molecule has 0 radical (unpaired) electrons. The predicted octanol–water partition coefficient (Wildman–Crippen LogP) is 0.749. The van der Waals surface area contributed by atoms with Gasteiger partial charge in [-0.25, -0.2) is 0 Å². The Hall–Kier alpha value is -1.59. The van der Waals surface area contributed by atoms with Crippen molar-refractivity contribution in [2.45, 2.75) is 6.04 Å². The van der Waals surface area contributed by atoms with E-state index in [4.69, 9.17) is 4.74 Å². The fourth-order valence-electron chi connectivity index (χ4n) is 1.79. The van der Waals surface area contributed by atoms with Gasteiger partial charge in [-0.15, -0.1) is 0 Å². The first-order valence-corrected chi connectivity index (χ1v) is 6.14.